The van der Waals surface area contributed by atoms with E-state index in [0.717, 1.165) is 0 Å². The highest BCUT2D eigenvalue weighted by Gasteiger charge is 2.29. The highest BCUT2D eigenvalue weighted by molar-refractivity contribution is 6.37. The van der Waals surface area contributed by atoms with Crippen molar-refractivity contribution in [1.82, 2.24) is 0 Å². The first-order chi connectivity index (χ1) is 9.04. The number of benzene rings is 1. The van der Waals surface area contributed by atoms with Gasteiger partial charge in [-0.2, -0.15) is 0 Å². The fraction of sp³-hybridized carbons (Fsp3) is 0.385. The molecule has 1 atom stereocenters. The quantitative estimate of drug-likeness (QED) is 0.798. The number of aromatic carboxylic acids is 1. The molecule has 5 nitrogen and oxygen atoms in total. The first-order valence-electron chi connectivity index (χ1n) is 5.83. The molecule has 20 heavy (non-hydrogen) atoms. The van der Waals surface area contributed by atoms with Gasteiger partial charge in [-0.25, -0.2) is 4.79 Å². The number of halogens is 2. The van der Waals surface area contributed by atoms with Gasteiger partial charge in [0, 0.05) is 5.02 Å². The number of carbonyl (C=O) groups is 2. The Morgan fingerprint density at radius 3 is 2.30 bits per heavy atom. The molecule has 0 aliphatic heterocycles. The predicted molar refractivity (Wildman–Crippen MR) is 79.5 cm³/mol. The summed E-state index contributed by atoms with van der Waals surface area (Å²) in [4.78, 5) is 23.2. The molecule has 0 aliphatic carbocycles. The van der Waals surface area contributed by atoms with Crippen molar-refractivity contribution >= 4 is 40.8 Å². The molecule has 0 bridgehead atoms. The van der Waals surface area contributed by atoms with Gasteiger partial charge >= 0.3 is 5.97 Å². The number of anilines is 1. The molecule has 0 heterocycles. The number of nitrogens with one attached hydrogen (secondary N) is 1. The summed E-state index contributed by atoms with van der Waals surface area (Å²) in [5, 5.41) is 11.8. The van der Waals surface area contributed by atoms with Crippen LogP contribution in [0.15, 0.2) is 12.1 Å². The first kappa shape index (κ1) is 16.8. The number of carbonyl (C=O) groups excluding carboxylic acids is 1. The van der Waals surface area contributed by atoms with Crippen LogP contribution in [0.4, 0.5) is 5.69 Å². The monoisotopic (exact) mass is 318 g/mol. The maximum Gasteiger partial charge on any atom is 0.337 e. The first-order valence-corrected chi connectivity index (χ1v) is 6.58. The second-order valence-electron chi connectivity index (χ2n) is 5.45. The van der Waals surface area contributed by atoms with E-state index in [1.807, 2.05) is 0 Å². The van der Waals surface area contributed by atoms with Gasteiger partial charge in [0.1, 0.15) is 0 Å². The second kappa shape index (κ2) is 5.99. The van der Waals surface area contributed by atoms with Crippen LogP contribution in [-0.2, 0) is 4.79 Å². The lowest BCUT2D eigenvalue weighted by Gasteiger charge is -2.26. The van der Waals surface area contributed by atoms with Gasteiger partial charge in [0.15, 0.2) is 0 Å². The Balaban J connectivity index is 3.16. The average Bonchev–Trinajstić information content (AvgIpc) is 2.29. The van der Waals surface area contributed by atoms with Crippen molar-refractivity contribution in [2.75, 3.05) is 5.32 Å². The van der Waals surface area contributed by atoms with Gasteiger partial charge in [-0.1, -0.05) is 44.0 Å². The minimum atomic E-state index is -1.24. The number of rotatable bonds is 3. The van der Waals surface area contributed by atoms with E-state index in [0.29, 0.717) is 0 Å². The van der Waals surface area contributed by atoms with E-state index < -0.39 is 23.3 Å². The van der Waals surface area contributed by atoms with Crippen molar-refractivity contribution in [3.8, 4) is 0 Å². The zero-order chi connectivity index (χ0) is 15.7. The number of amides is 1. The van der Waals surface area contributed by atoms with Gasteiger partial charge in [0.25, 0.3) is 0 Å². The van der Waals surface area contributed by atoms with Gasteiger partial charge in [0.2, 0.25) is 5.91 Å². The van der Waals surface area contributed by atoms with Gasteiger partial charge in [-0.15, -0.1) is 0 Å². The molecule has 0 fully saturated rings. The van der Waals surface area contributed by atoms with Crippen molar-refractivity contribution < 1.29 is 14.7 Å². The molecule has 1 rings (SSSR count). The van der Waals surface area contributed by atoms with Crippen molar-refractivity contribution in [3.63, 3.8) is 0 Å². The third-order valence-corrected chi connectivity index (χ3v) is 3.27. The van der Waals surface area contributed by atoms with Crippen LogP contribution in [0, 0.1) is 5.41 Å². The largest absolute Gasteiger partial charge is 0.478 e. The average molecular weight is 319 g/mol. The number of hydrogen-bond acceptors (Lipinski definition) is 3. The van der Waals surface area contributed by atoms with Crippen molar-refractivity contribution in [2.24, 2.45) is 11.1 Å². The van der Waals surface area contributed by atoms with E-state index >= 15 is 0 Å². The van der Waals surface area contributed by atoms with E-state index in [4.69, 9.17) is 34.0 Å². The lowest BCUT2D eigenvalue weighted by Crippen LogP contribution is -2.45. The van der Waals surface area contributed by atoms with Crippen LogP contribution in [0.2, 0.25) is 10.0 Å². The fourth-order valence-corrected chi connectivity index (χ4v) is 2.00. The summed E-state index contributed by atoms with van der Waals surface area (Å²) in [6.07, 6.45) is 0. The van der Waals surface area contributed by atoms with Gasteiger partial charge < -0.3 is 16.2 Å². The van der Waals surface area contributed by atoms with Crippen LogP contribution < -0.4 is 11.1 Å². The Morgan fingerprint density at radius 1 is 1.30 bits per heavy atom. The summed E-state index contributed by atoms with van der Waals surface area (Å²) in [6, 6.07) is 1.76. The summed E-state index contributed by atoms with van der Waals surface area (Å²) in [5.74, 6) is -1.75. The summed E-state index contributed by atoms with van der Waals surface area (Å²) in [7, 11) is 0. The van der Waals surface area contributed by atoms with E-state index in [9.17, 15) is 9.59 Å². The minimum Gasteiger partial charge on any atom is -0.478 e. The Labute approximate surface area is 127 Å². The standard InChI is InChI=1S/C13H16Cl2N2O3/c1-13(2,3)10(16)11(18)17-9-7(12(19)20)4-6(14)5-8(9)15/h4-5,10H,16H2,1-3H3,(H,17,18)(H,19,20). The molecule has 0 spiro atoms. The van der Waals surface area contributed by atoms with E-state index in [-0.39, 0.29) is 21.3 Å². The molecule has 4 N–H and O–H groups in total. The van der Waals surface area contributed by atoms with Gasteiger partial charge in [0.05, 0.1) is 22.3 Å². The molecule has 0 radical (unpaired) electrons. The number of nitrogens with two attached hydrogens (primary N) is 1. The molecule has 1 aromatic rings. The Kier molecular flexibility index (Phi) is 5.02. The Bertz CT molecular complexity index is 553. The third kappa shape index (κ3) is 3.85. The normalized spacial score (nSPS) is 12.9. The van der Waals surface area contributed by atoms with E-state index in [2.05, 4.69) is 5.32 Å². The molecular weight excluding hydrogens is 303 g/mol. The van der Waals surface area contributed by atoms with E-state index in [1.54, 1.807) is 20.8 Å². The van der Waals surface area contributed by atoms with E-state index in [1.165, 1.54) is 12.1 Å². The van der Waals surface area contributed by atoms with Gasteiger partial charge in [-0.3, -0.25) is 4.79 Å². The minimum absolute atomic E-state index is 0.00623. The van der Waals surface area contributed by atoms with Crippen LogP contribution in [0.3, 0.4) is 0 Å². The predicted octanol–water partition coefficient (Wildman–Crippen LogP) is 3.00. The highest BCUT2D eigenvalue weighted by Crippen LogP contribution is 2.31. The summed E-state index contributed by atoms with van der Waals surface area (Å²) >= 11 is 11.7. The maximum absolute atomic E-state index is 12.1. The Morgan fingerprint density at radius 2 is 1.85 bits per heavy atom. The maximum atomic E-state index is 12.1. The second-order valence-corrected chi connectivity index (χ2v) is 6.29. The smallest absolute Gasteiger partial charge is 0.337 e. The number of hydrogen-bond donors (Lipinski definition) is 3. The van der Waals surface area contributed by atoms with Crippen LogP contribution in [0.5, 0.6) is 0 Å². The van der Waals surface area contributed by atoms with Crippen LogP contribution in [-0.4, -0.2) is 23.0 Å². The lowest BCUT2D eigenvalue weighted by molar-refractivity contribution is -0.119. The molecule has 0 aromatic heterocycles. The van der Waals surface area contributed by atoms with Gasteiger partial charge in [-0.05, 0) is 17.5 Å². The van der Waals surface area contributed by atoms with Crippen LogP contribution >= 0.6 is 23.2 Å². The molecule has 0 saturated heterocycles. The molecular formula is C13H16Cl2N2O3. The molecule has 110 valence electrons. The summed E-state index contributed by atoms with van der Waals surface area (Å²) in [5.41, 5.74) is 5.16. The van der Waals surface area contributed by atoms with Crippen LogP contribution in [0.1, 0.15) is 31.1 Å². The number of carboxylic acid groups (broad SMARTS) is 1. The van der Waals surface area contributed by atoms with Crippen molar-refractivity contribution in [2.45, 2.75) is 26.8 Å². The van der Waals surface area contributed by atoms with Crippen molar-refractivity contribution in [1.29, 1.82) is 0 Å². The molecule has 0 saturated carbocycles. The van der Waals surface area contributed by atoms with Crippen LogP contribution in [0.25, 0.3) is 0 Å². The Hall–Kier alpha value is -1.30. The molecule has 1 amide bonds. The zero-order valence-electron chi connectivity index (χ0n) is 11.3. The number of carboxylic acids is 1. The summed E-state index contributed by atoms with van der Waals surface area (Å²) < 4.78 is 0. The highest BCUT2D eigenvalue weighted by atomic mass is 35.5. The zero-order valence-corrected chi connectivity index (χ0v) is 12.8. The summed E-state index contributed by atoms with van der Waals surface area (Å²) in [6.45, 7) is 5.41. The molecule has 7 heteroatoms. The molecule has 1 aromatic carbocycles. The fourth-order valence-electron chi connectivity index (χ4n) is 1.46. The lowest BCUT2D eigenvalue weighted by atomic mass is 9.87. The third-order valence-electron chi connectivity index (χ3n) is 2.75. The molecule has 1 unspecified atom stereocenters. The van der Waals surface area contributed by atoms with Crippen molar-refractivity contribution in [3.05, 3.63) is 27.7 Å². The topological polar surface area (TPSA) is 92.4 Å². The molecule has 0 aliphatic rings. The SMILES string of the molecule is CC(C)(C)C(N)C(=O)Nc1c(Cl)cc(Cl)cc1C(=O)O.